The van der Waals surface area contributed by atoms with Gasteiger partial charge >= 0.3 is 0 Å². The van der Waals surface area contributed by atoms with Gasteiger partial charge in [0.1, 0.15) is 0 Å². The van der Waals surface area contributed by atoms with Crippen LogP contribution in [0.2, 0.25) is 0 Å². The van der Waals surface area contributed by atoms with Crippen LogP contribution in [0.3, 0.4) is 0 Å². The van der Waals surface area contributed by atoms with Gasteiger partial charge in [-0.1, -0.05) is 27.7 Å². The van der Waals surface area contributed by atoms with Crippen LogP contribution in [0.5, 0.6) is 0 Å². The SMILES string of the molecule is Cn1nccc1CCC1(N)CC(C)(C)CC(C)(C)C1. The molecule has 3 heteroatoms. The summed E-state index contributed by atoms with van der Waals surface area (Å²) >= 11 is 0. The first-order valence-electron chi connectivity index (χ1n) is 7.37. The van der Waals surface area contributed by atoms with Crippen LogP contribution in [0.15, 0.2) is 12.3 Å². The zero-order valence-electron chi connectivity index (χ0n) is 13.2. The number of rotatable bonds is 3. The highest BCUT2D eigenvalue weighted by Gasteiger charge is 2.44. The van der Waals surface area contributed by atoms with Crippen molar-refractivity contribution in [3.63, 3.8) is 0 Å². The Kier molecular flexibility index (Phi) is 3.54. The van der Waals surface area contributed by atoms with E-state index in [1.807, 2.05) is 17.9 Å². The van der Waals surface area contributed by atoms with Crippen LogP contribution >= 0.6 is 0 Å². The lowest BCUT2D eigenvalue weighted by molar-refractivity contribution is 0.0443. The number of hydrogen-bond acceptors (Lipinski definition) is 2. The van der Waals surface area contributed by atoms with E-state index < -0.39 is 0 Å². The molecule has 1 aromatic rings. The Labute approximate surface area is 117 Å². The van der Waals surface area contributed by atoms with Gasteiger partial charge in [0.15, 0.2) is 0 Å². The average Bonchev–Trinajstić information content (AvgIpc) is 2.55. The van der Waals surface area contributed by atoms with Gasteiger partial charge in [0.25, 0.3) is 0 Å². The van der Waals surface area contributed by atoms with Crippen LogP contribution in [-0.4, -0.2) is 15.3 Å². The van der Waals surface area contributed by atoms with Crippen molar-refractivity contribution < 1.29 is 0 Å². The van der Waals surface area contributed by atoms with E-state index in [1.165, 1.54) is 12.1 Å². The summed E-state index contributed by atoms with van der Waals surface area (Å²) in [5.74, 6) is 0. The second-order valence-corrected chi connectivity index (χ2v) is 8.17. The summed E-state index contributed by atoms with van der Waals surface area (Å²) in [4.78, 5) is 0. The standard InChI is InChI=1S/C16H29N3/c1-14(2)10-15(3,4)12-16(17,11-14)8-6-13-7-9-18-19(13)5/h7,9H,6,8,10-12,17H2,1-5H3. The molecule has 0 saturated heterocycles. The van der Waals surface area contributed by atoms with Crippen LogP contribution in [0, 0.1) is 10.8 Å². The number of hydrogen-bond donors (Lipinski definition) is 1. The van der Waals surface area contributed by atoms with Crippen molar-refractivity contribution in [2.75, 3.05) is 0 Å². The van der Waals surface area contributed by atoms with E-state index >= 15 is 0 Å². The third-order valence-corrected chi connectivity index (χ3v) is 4.42. The lowest BCUT2D eigenvalue weighted by atomic mass is 9.58. The van der Waals surface area contributed by atoms with Gasteiger partial charge in [-0.3, -0.25) is 4.68 Å². The fourth-order valence-electron chi connectivity index (χ4n) is 4.59. The van der Waals surface area contributed by atoms with E-state index in [-0.39, 0.29) is 5.54 Å². The molecule has 0 amide bonds. The van der Waals surface area contributed by atoms with E-state index in [0.717, 1.165) is 25.7 Å². The molecule has 19 heavy (non-hydrogen) atoms. The lowest BCUT2D eigenvalue weighted by Gasteiger charge is -2.50. The highest BCUT2D eigenvalue weighted by molar-refractivity contribution is 5.05. The molecule has 1 saturated carbocycles. The van der Waals surface area contributed by atoms with E-state index in [4.69, 9.17) is 5.73 Å². The second-order valence-electron chi connectivity index (χ2n) is 8.17. The summed E-state index contributed by atoms with van der Waals surface area (Å²) < 4.78 is 1.96. The molecule has 1 aliphatic rings. The molecular weight excluding hydrogens is 234 g/mol. The third-order valence-electron chi connectivity index (χ3n) is 4.42. The van der Waals surface area contributed by atoms with Crippen molar-refractivity contribution in [2.45, 2.75) is 65.3 Å². The van der Waals surface area contributed by atoms with Crippen LogP contribution < -0.4 is 5.73 Å². The molecule has 0 unspecified atom stereocenters. The van der Waals surface area contributed by atoms with E-state index in [0.29, 0.717) is 10.8 Å². The number of nitrogens with zero attached hydrogens (tertiary/aromatic N) is 2. The minimum Gasteiger partial charge on any atom is -0.325 e. The van der Waals surface area contributed by atoms with E-state index in [9.17, 15) is 0 Å². The average molecular weight is 263 g/mol. The topological polar surface area (TPSA) is 43.8 Å². The zero-order valence-corrected chi connectivity index (χ0v) is 13.2. The summed E-state index contributed by atoms with van der Waals surface area (Å²) in [6, 6.07) is 2.10. The zero-order chi connectivity index (χ0) is 14.3. The maximum atomic E-state index is 6.75. The molecule has 2 N–H and O–H groups in total. The molecule has 1 heterocycles. The van der Waals surface area contributed by atoms with Crippen molar-refractivity contribution in [2.24, 2.45) is 23.6 Å². The first-order chi connectivity index (χ1) is 8.61. The van der Waals surface area contributed by atoms with Gasteiger partial charge in [0.05, 0.1) is 0 Å². The van der Waals surface area contributed by atoms with Crippen molar-refractivity contribution in [3.8, 4) is 0 Å². The van der Waals surface area contributed by atoms with Gasteiger partial charge in [-0.2, -0.15) is 5.10 Å². The third kappa shape index (κ3) is 3.59. The summed E-state index contributed by atoms with van der Waals surface area (Å²) in [5.41, 5.74) is 8.70. The van der Waals surface area contributed by atoms with Crippen molar-refractivity contribution >= 4 is 0 Å². The molecule has 0 bridgehead atoms. The summed E-state index contributed by atoms with van der Waals surface area (Å²) in [5, 5.41) is 4.24. The Morgan fingerprint density at radius 3 is 2.21 bits per heavy atom. The number of aryl methyl sites for hydroxylation is 2. The second kappa shape index (κ2) is 4.62. The lowest BCUT2D eigenvalue weighted by Crippen LogP contribution is -2.52. The van der Waals surface area contributed by atoms with Gasteiger partial charge in [-0.05, 0) is 49.0 Å². The van der Waals surface area contributed by atoms with E-state index in [1.54, 1.807) is 0 Å². The Bertz CT molecular complexity index is 427. The molecule has 0 atom stereocenters. The predicted molar refractivity (Wildman–Crippen MR) is 79.9 cm³/mol. The molecule has 2 rings (SSSR count). The molecular formula is C16H29N3. The quantitative estimate of drug-likeness (QED) is 0.909. The Morgan fingerprint density at radius 2 is 1.74 bits per heavy atom. The van der Waals surface area contributed by atoms with Crippen molar-refractivity contribution in [1.29, 1.82) is 0 Å². The maximum absolute atomic E-state index is 6.75. The molecule has 0 radical (unpaired) electrons. The first kappa shape index (κ1) is 14.6. The minimum atomic E-state index is -0.0322. The summed E-state index contributed by atoms with van der Waals surface area (Å²) in [6.07, 6.45) is 7.47. The van der Waals surface area contributed by atoms with Gasteiger partial charge in [-0.15, -0.1) is 0 Å². The monoisotopic (exact) mass is 263 g/mol. The molecule has 0 spiro atoms. The maximum Gasteiger partial charge on any atom is 0.0492 e. The molecule has 1 fully saturated rings. The normalized spacial score (nSPS) is 24.3. The van der Waals surface area contributed by atoms with Gasteiger partial charge in [-0.25, -0.2) is 0 Å². The molecule has 3 nitrogen and oxygen atoms in total. The van der Waals surface area contributed by atoms with Gasteiger partial charge in [0.2, 0.25) is 0 Å². The Hall–Kier alpha value is -0.830. The number of nitrogens with two attached hydrogens (primary N) is 1. The smallest absolute Gasteiger partial charge is 0.0492 e. The van der Waals surface area contributed by atoms with Crippen LogP contribution in [0.4, 0.5) is 0 Å². The molecule has 0 aromatic carbocycles. The van der Waals surface area contributed by atoms with Crippen molar-refractivity contribution in [1.82, 2.24) is 9.78 Å². The largest absolute Gasteiger partial charge is 0.325 e. The van der Waals surface area contributed by atoms with Gasteiger partial charge < -0.3 is 5.73 Å². The fraction of sp³-hybridized carbons (Fsp3) is 0.812. The van der Waals surface area contributed by atoms with Crippen molar-refractivity contribution in [3.05, 3.63) is 18.0 Å². The highest BCUT2D eigenvalue weighted by Crippen LogP contribution is 2.50. The number of aromatic nitrogens is 2. The summed E-state index contributed by atoms with van der Waals surface area (Å²) in [6.45, 7) is 9.44. The first-order valence-corrected chi connectivity index (χ1v) is 7.37. The van der Waals surface area contributed by atoms with Crippen LogP contribution in [0.25, 0.3) is 0 Å². The molecule has 1 aliphatic carbocycles. The fourth-order valence-corrected chi connectivity index (χ4v) is 4.59. The van der Waals surface area contributed by atoms with Gasteiger partial charge in [0, 0.05) is 24.5 Å². The predicted octanol–water partition coefficient (Wildman–Crippen LogP) is 3.29. The highest BCUT2D eigenvalue weighted by atomic mass is 15.2. The molecule has 1 aromatic heterocycles. The summed E-state index contributed by atoms with van der Waals surface area (Å²) in [7, 11) is 2.01. The minimum absolute atomic E-state index is 0.0322. The molecule has 108 valence electrons. The van der Waals surface area contributed by atoms with E-state index in [2.05, 4.69) is 38.9 Å². The Balaban J connectivity index is 2.07. The van der Waals surface area contributed by atoms with Crippen LogP contribution in [0.1, 0.15) is 59.1 Å². The molecule has 0 aliphatic heterocycles. The van der Waals surface area contributed by atoms with Crippen LogP contribution in [-0.2, 0) is 13.5 Å². The Morgan fingerprint density at radius 1 is 1.16 bits per heavy atom.